The van der Waals surface area contributed by atoms with E-state index >= 15 is 0 Å². The first kappa shape index (κ1) is 11.7. The summed E-state index contributed by atoms with van der Waals surface area (Å²) in [7, 11) is 0. The first-order valence-corrected chi connectivity index (χ1v) is 6.75. The van der Waals surface area contributed by atoms with Crippen molar-refractivity contribution >= 4 is 34.0 Å². The summed E-state index contributed by atoms with van der Waals surface area (Å²) in [5.41, 5.74) is 1.80. The third-order valence-corrected chi connectivity index (χ3v) is 4.06. The summed E-state index contributed by atoms with van der Waals surface area (Å²) in [6.45, 7) is 0.755. The predicted molar refractivity (Wildman–Crippen MR) is 74.1 cm³/mol. The topological polar surface area (TPSA) is 38.0 Å². The van der Waals surface area contributed by atoms with E-state index in [2.05, 4.69) is 4.98 Å². The van der Waals surface area contributed by atoms with E-state index in [1.165, 1.54) is 4.88 Å². The number of aromatic nitrogens is 2. The second-order valence-corrected chi connectivity index (χ2v) is 5.82. The highest BCUT2D eigenvalue weighted by Gasteiger charge is 2.09. The molecule has 0 bridgehead atoms. The SMILES string of the molecule is OCc1cn(Cc2ccc(Cl)s2)c2ncccc12. The highest BCUT2D eigenvalue weighted by molar-refractivity contribution is 7.16. The van der Waals surface area contributed by atoms with Gasteiger partial charge >= 0.3 is 0 Å². The molecule has 5 heteroatoms. The molecular weight excluding hydrogens is 268 g/mol. The van der Waals surface area contributed by atoms with Gasteiger partial charge in [0.2, 0.25) is 0 Å². The third-order valence-electron chi connectivity index (χ3n) is 2.84. The van der Waals surface area contributed by atoms with Crippen molar-refractivity contribution < 1.29 is 5.11 Å². The lowest BCUT2D eigenvalue weighted by Crippen LogP contribution is -1.96. The number of thiophene rings is 1. The quantitative estimate of drug-likeness (QED) is 0.798. The molecule has 3 aromatic rings. The number of nitrogens with zero attached hydrogens (tertiary/aromatic N) is 2. The first-order chi connectivity index (χ1) is 8.78. The number of aliphatic hydroxyl groups excluding tert-OH is 1. The summed E-state index contributed by atoms with van der Waals surface area (Å²) >= 11 is 7.49. The Labute approximate surface area is 113 Å². The zero-order valence-electron chi connectivity index (χ0n) is 9.51. The molecule has 3 rings (SSSR count). The Balaban J connectivity index is 2.06. The van der Waals surface area contributed by atoms with Gasteiger partial charge in [-0.15, -0.1) is 11.3 Å². The van der Waals surface area contributed by atoms with Gasteiger partial charge in [0.1, 0.15) is 5.65 Å². The second kappa shape index (κ2) is 4.72. The molecule has 0 aliphatic heterocycles. The van der Waals surface area contributed by atoms with E-state index in [9.17, 15) is 5.11 Å². The van der Waals surface area contributed by atoms with Crippen molar-refractivity contribution in [3.8, 4) is 0 Å². The summed E-state index contributed by atoms with van der Waals surface area (Å²) in [5.74, 6) is 0. The molecule has 1 N–H and O–H groups in total. The molecule has 0 radical (unpaired) electrons. The van der Waals surface area contributed by atoms with Crippen molar-refractivity contribution in [3.63, 3.8) is 0 Å². The number of fused-ring (bicyclic) bond motifs is 1. The largest absolute Gasteiger partial charge is 0.392 e. The molecule has 3 nitrogen and oxygen atoms in total. The van der Waals surface area contributed by atoms with Crippen LogP contribution < -0.4 is 0 Å². The van der Waals surface area contributed by atoms with Gasteiger partial charge in [-0.3, -0.25) is 0 Å². The number of hydrogen-bond acceptors (Lipinski definition) is 3. The molecule has 18 heavy (non-hydrogen) atoms. The fourth-order valence-electron chi connectivity index (χ4n) is 2.05. The fourth-order valence-corrected chi connectivity index (χ4v) is 3.13. The van der Waals surface area contributed by atoms with Crippen LogP contribution in [0.1, 0.15) is 10.4 Å². The molecule has 0 aliphatic carbocycles. The Morgan fingerprint density at radius 1 is 1.33 bits per heavy atom. The molecule has 0 saturated heterocycles. The highest BCUT2D eigenvalue weighted by Crippen LogP contribution is 2.25. The van der Waals surface area contributed by atoms with Crippen LogP contribution in [0.3, 0.4) is 0 Å². The van der Waals surface area contributed by atoms with E-state index in [4.69, 9.17) is 11.6 Å². The number of hydrogen-bond donors (Lipinski definition) is 1. The standard InChI is InChI=1S/C13H11ClN2OS/c14-12-4-3-10(18-12)7-16-6-9(8-17)11-2-1-5-15-13(11)16/h1-6,17H,7-8H2. The van der Waals surface area contributed by atoms with Crippen molar-refractivity contribution in [1.82, 2.24) is 9.55 Å². The summed E-state index contributed by atoms with van der Waals surface area (Å²) < 4.78 is 2.83. The molecule has 3 aromatic heterocycles. The zero-order valence-corrected chi connectivity index (χ0v) is 11.1. The fraction of sp³-hybridized carbons (Fsp3) is 0.154. The number of aliphatic hydroxyl groups is 1. The van der Waals surface area contributed by atoms with Crippen molar-refractivity contribution in [1.29, 1.82) is 0 Å². The Morgan fingerprint density at radius 3 is 2.94 bits per heavy atom. The van der Waals surface area contributed by atoms with Gasteiger partial charge in [0.05, 0.1) is 17.5 Å². The summed E-state index contributed by atoms with van der Waals surface area (Å²) in [5, 5.41) is 10.4. The van der Waals surface area contributed by atoms with Gasteiger partial charge in [0, 0.05) is 28.2 Å². The monoisotopic (exact) mass is 278 g/mol. The Bertz CT molecular complexity index is 689. The lowest BCUT2D eigenvalue weighted by molar-refractivity contribution is 0.283. The van der Waals surface area contributed by atoms with E-state index in [1.54, 1.807) is 17.5 Å². The van der Waals surface area contributed by atoms with Gasteiger partial charge in [-0.25, -0.2) is 4.98 Å². The van der Waals surface area contributed by atoms with E-state index in [0.717, 1.165) is 27.5 Å². The van der Waals surface area contributed by atoms with E-state index in [0.29, 0.717) is 0 Å². The molecule has 0 aromatic carbocycles. The Kier molecular flexibility index (Phi) is 3.07. The maximum atomic E-state index is 9.36. The number of rotatable bonds is 3. The summed E-state index contributed by atoms with van der Waals surface area (Å²) in [6.07, 6.45) is 3.71. The van der Waals surface area contributed by atoms with Crippen LogP contribution in [0.5, 0.6) is 0 Å². The average Bonchev–Trinajstić information content (AvgIpc) is 2.95. The number of halogens is 1. The minimum absolute atomic E-state index is 0.0282. The van der Waals surface area contributed by atoms with E-state index in [-0.39, 0.29) is 6.61 Å². The zero-order chi connectivity index (χ0) is 12.5. The minimum atomic E-state index is 0.0282. The van der Waals surface area contributed by atoms with Crippen LogP contribution in [-0.2, 0) is 13.2 Å². The van der Waals surface area contributed by atoms with Crippen LogP contribution >= 0.6 is 22.9 Å². The van der Waals surface area contributed by atoms with Crippen LogP contribution in [0.2, 0.25) is 4.34 Å². The molecule has 0 spiro atoms. The van der Waals surface area contributed by atoms with Gasteiger partial charge in [0.15, 0.2) is 0 Å². The molecule has 0 saturated carbocycles. The van der Waals surface area contributed by atoms with Gasteiger partial charge in [-0.05, 0) is 24.3 Å². The lowest BCUT2D eigenvalue weighted by atomic mass is 10.2. The highest BCUT2D eigenvalue weighted by atomic mass is 35.5. The summed E-state index contributed by atoms with van der Waals surface area (Å²) in [6, 6.07) is 7.77. The van der Waals surface area contributed by atoms with Crippen LogP contribution in [0, 0.1) is 0 Å². The van der Waals surface area contributed by atoms with E-state index < -0.39 is 0 Å². The summed E-state index contributed by atoms with van der Waals surface area (Å²) in [4.78, 5) is 5.55. The van der Waals surface area contributed by atoms with Crippen molar-refractivity contribution in [3.05, 3.63) is 51.4 Å². The van der Waals surface area contributed by atoms with Crippen molar-refractivity contribution in [2.45, 2.75) is 13.2 Å². The Morgan fingerprint density at radius 2 is 2.22 bits per heavy atom. The maximum absolute atomic E-state index is 9.36. The second-order valence-electron chi connectivity index (χ2n) is 4.02. The molecule has 0 aliphatic rings. The minimum Gasteiger partial charge on any atom is -0.392 e. The van der Waals surface area contributed by atoms with Crippen molar-refractivity contribution in [2.75, 3.05) is 0 Å². The van der Waals surface area contributed by atoms with Crippen LogP contribution in [0.15, 0.2) is 36.7 Å². The normalized spacial score (nSPS) is 11.2. The smallest absolute Gasteiger partial charge is 0.140 e. The Hall–Kier alpha value is -1.36. The first-order valence-electron chi connectivity index (χ1n) is 5.56. The van der Waals surface area contributed by atoms with Gasteiger partial charge in [-0.2, -0.15) is 0 Å². The van der Waals surface area contributed by atoms with Gasteiger partial charge in [0.25, 0.3) is 0 Å². The van der Waals surface area contributed by atoms with Crippen molar-refractivity contribution in [2.24, 2.45) is 0 Å². The third kappa shape index (κ3) is 2.03. The number of pyridine rings is 1. The van der Waals surface area contributed by atoms with Crippen LogP contribution in [0.4, 0.5) is 0 Å². The van der Waals surface area contributed by atoms with Gasteiger partial charge < -0.3 is 9.67 Å². The van der Waals surface area contributed by atoms with E-state index in [1.807, 2.05) is 35.0 Å². The molecule has 3 heterocycles. The molecule has 0 fully saturated rings. The molecule has 92 valence electrons. The van der Waals surface area contributed by atoms with Crippen LogP contribution in [0.25, 0.3) is 11.0 Å². The predicted octanol–water partition coefficient (Wildman–Crippen LogP) is 3.29. The molecule has 0 unspecified atom stereocenters. The van der Waals surface area contributed by atoms with Gasteiger partial charge in [-0.1, -0.05) is 11.6 Å². The average molecular weight is 279 g/mol. The molecule has 0 amide bonds. The molecule has 0 atom stereocenters. The molecular formula is C13H11ClN2OS. The lowest BCUT2D eigenvalue weighted by Gasteiger charge is -2.01. The maximum Gasteiger partial charge on any atom is 0.140 e. The van der Waals surface area contributed by atoms with Crippen LogP contribution in [-0.4, -0.2) is 14.7 Å².